The minimum Gasteiger partial charge on any atom is -0.363 e. The summed E-state index contributed by atoms with van der Waals surface area (Å²) in [5.41, 5.74) is 1.15. The topological polar surface area (TPSA) is 31.0 Å². The molecule has 4 atom stereocenters. The quantitative estimate of drug-likeness (QED) is 0.603. The van der Waals surface area contributed by atoms with Crippen LogP contribution in [-0.4, -0.2) is 18.3 Å². The maximum atomic E-state index is 5.86. The van der Waals surface area contributed by atoms with Crippen molar-refractivity contribution in [3.8, 4) is 0 Å². The number of ether oxygens (including phenoxy) is 1. The summed E-state index contributed by atoms with van der Waals surface area (Å²) in [4.78, 5) is 11.4. The Morgan fingerprint density at radius 3 is 2.37 bits per heavy atom. The first-order chi connectivity index (χ1) is 9.43. The normalized spacial score (nSPS) is 38.7. The van der Waals surface area contributed by atoms with Gasteiger partial charge < -0.3 is 4.74 Å². The Labute approximate surface area is 113 Å². The van der Waals surface area contributed by atoms with Gasteiger partial charge in [-0.15, -0.1) is 0 Å². The molecule has 102 valence electrons. The highest BCUT2D eigenvalue weighted by Gasteiger charge is 2.57. The Morgan fingerprint density at radius 1 is 0.789 bits per heavy atom. The van der Waals surface area contributed by atoms with Crippen molar-refractivity contribution in [1.29, 1.82) is 0 Å². The van der Waals surface area contributed by atoms with Crippen LogP contribution in [0.2, 0.25) is 0 Å². The van der Waals surface area contributed by atoms with Crippen LogP contribution in [0, 0.1) is 5.92 Å². The van der Waals surface area contributed by atoms with Crippen molar-refractivity contribution in [3.05, 3.63) is 35.9 Å². The zero-order valence-corrected chi connectivity index (χ0v) is 11.0. The molecule has 0 bridgehead atoms. The number of hydrogen-bond donors (Lipinski definition) is 0. The average Bonchev–Trinajstić information content (AvgIpc) is 3.28. The summed E-state index contributed by atoms with van der Waals surface area (Å²) in [6.07, 6.45) is 7.09. The van der Waals surface area contributed by atoms with Crippen molar-refractivity contribution in [2.24, 2.45) is 5.92 Å². The molecular formula is C16H20O3. The Morgan fingerprint density at radius 2 is 1.58 bits per heavy atom. The SMILES string of the molecule is c1ccc([C@H]2OO[C@@H](C3CCCCC3)[C@@H]3O[C@@H]32)cc1. The minimum absolute atomic E-state index is 0.0500. The van der Waals surface area contributed by atoms with E-state index in [9.17, 15) is 0 Å². The smallest absolute Gasteiger partial charge is 0.147 e. The van der Waals surface area contributed by atoms with Crippen molar-refractivity contribution >= 4 is 0 Å². The lowest BCUT2D eigenvalue weighted by Gasteiger charge is -2.32. The molecule has 3 heteroatoms. The summed E-state index contributed by atoms with van der Waals surface area (Å²) in [6, 6.07) is 10.2. The van der Waals surface area contributed by atoms with E-state index in [4.69, 9.17) is 14.5 Å². The molecule has 2 heterocycles. The van der Waals surface area contributed by atoms with Gasteiger partial charge in [-0.2, -0.15) is 0 Å². The Hall–Kier alpha value is -0.900. The molecule has 3 fully saturated rings. The van der Waals surface area contributed by atoms with Crippen LogP contribution in [0.4, 0.5) is 0 Å². The lowest BCUT2D eigenvalue weighted by Crippen LogP contribution is -2.37. The fraction of sp³-hybridized carbons (Fsp3) is 0.625. The summed E-state index contributed by atoms with van der Waals surface area (Å²) < 4.78 is 5.86. The number of rotatable bonds is 2. The van der Waals surface area contributed by atoms with Gasteiger partial charge in [0.2, 0.25) is 0 Å². The van der Waals surface area contributed by atoms with Crippen LogP contribution in [0.25, 0.3) is 0 Å². The molecule has 0 spiro atoms. The van der Waals surface area contributed by atoms with Crippen molar-refractivity contribution in [1.82, 2.24) is 0 Å². The third kappa shape index (κ3) is 2.20. The second-order valence-corrected chi connectivity index (χ2v) is 5.95. The molecular weight excluding hydrogens is 240 g/mol. The Bertz CT molecular complexity index is 427. The summed E-state index contributed by atoms with van der Waals surface area (Å²) in [5.74, 6) is 0.625. The molecule has 0 N–H and O–H groups in total. The Kier molecular flexibility index (Phi) is 3.06. The van der Waals surface area contributed by atoms with E-state index in [0.717, 1.165) is 5.56 Å². The van der Waals surface area contributed by atoms with Gasteiger partial charge in [0.1, 0.15) is 24.4 Å². The van der Waals surface area contributed by atoms with Crippen LogP contribution in [0.3, 0.4) is 0 Å². The molecule has 0 unspecified atom stereocenters. The number of epoxide rings is 1. The monoisotopic (exact) mass is 260 g/mol. The highest BCUT2D eigenvalue weighted by molar-refractivity contribution is 5.21. The summed E-state index contributed by atoms with van der Waals surface area (Å²) in [5, 5.41) is 0. The maximum absolute atomic E-state index is 5.86. The maximum Gasteiger partial charge on any atom is 0.147 e. The number of fused-ring (bicyclic) bond motifs is 1. The molecule has 0 aromatic heterocycles. The molecule has 3 aliphatic rings. The molecule has 1 aromatic carbocycles. The van der Waals surface area contributed by atoms with Crippen LogP contribution in [0.1, 0.15) is 43.8 Å². The van der Waals surface area contributed by atoms with Gasteiger partial charge in [-0.25, -0.2) is 9.78 Å². The van der Waals surface area contributed by atoms with E-state index in [2.05, 4.69) is 12.1 Å². The summed E-state index contributed by atoms with van der Waals surface area (Å²) in [7, 11) is 0. The lowest BCUT2D eigenvalue weighted by atomic mass is 9.83. The fourth-order valence-electron chi connectivity index (χ4n) is 3.58. The van der Waals surface area contributed by atoms with E-state index in [-0.39, 0.29) is 24.4 Å². The van der Waals surface area contributed by atoms with E-state index in [1.54, 1.807) is 0 Å². The fourth-order valence-corrected chi connectivity index (χ4v) is 3.58. The molecule has 4 rings (SSSR count). The molecule has 2 saturated heterocycles. The largest absolute Gasteiger partial charge is 0.363 e. The summed E-state index contributed by atoms with van der Waals surface area (Å²) >= 11 is 0. The first kappa shape index (κ1) is 11.9. The van der Waals surface area contributed by atoms with Crippen molar-refractivity contribution < 1.29 is 14.5 Å². The van der Waals surface area contributed by atoms with Crippen LogP contribution in [0.5, 0.6) is 0 Å². The Balaban J connectivity index is 1.45. The van der Waals surface area contributed by atoms with E-state index < -0.39 is 0 Å². The van der Waals surface area contributed by atoms with E-state index >= 15 is 0 Å². The van der Waals surface area contributed by atoms with Gasteiger partial charge in [-0.3, -0.25) is 0 Å². The zero-order valence-electron chi connectivity index (χ0n) is 11.0. The van der Waals surface area contributed by atoms with E-state index in [1.807, 2.05) is 18.2 Å². The molecule has 1 aliphatic carbocycles. The van der Waals surface area contributed by atoms with Crippen LogP contribution in [-0.2, 0) is 14.5 Å². The first-order valence-electron chi connectivity index (χ1n) is 7.46. The van der Waals surface area contributed by atoms with Gasteiger partial charge in [-0.05, 0) is 24.3 Å². The van der Waals surface area contributed by atoms with Gasteiger partial charge >= 0.3 is 0 Å². The highest BCUT2D eigenvalue weighted by atomic mass is 17.2. The van der Waals surface area contributed by atoms with Crippen molar-refractivity contribution in [2.45, 2.75) is 56.5 Å². The predicted octanol–water partition coefficient (Wildman–Crippen LogP) is 3.41. The van der Waals surface area contributed by atoms with E-state index in [0.29, 0.717) is 5.92 Å². The van der Waals surface area contributed by atoms with Gasteiger partial charge in [0, 0.05) is 0 Å². The second-order valence-electron chi connectivity index (χ2n) is 5.95. The van der Waals surface area contributed by atoms with Gasteiger partial charge in [-0.1, -0.05) is 49.6 Å². The average molecular weight is 260 g/mol. The van der Waals surface area contributed by atoms with Gasteiger partial charge in [0.25, 0.3) is 0 Å². The van der Waals surface area contributed by atoms with Gasteiger partial charge in [0.15, 0.2) is 0 Å². The predicted molar refractivity (Wildman–Crippen MR) is 70.4 cm³/mol. The molecule has 3 nitrogen and oxygen atoms in total. The minimum atomic E-state index is -0.0500. The van der Waals surface area contributed by atoms with Crippen LogP contribution >= 0.6 is 0 Å². The standard InChI is InChI=1S/C16H20O3/c1-3-7-11(8-4-1)13-15-16(17-15)14(19-18-13)12-9-5-2-6-10-12/h1,3-4,7-8,12-16H,2,5-6,9-10H2/t13-,14+,15-,16+/m1/s1. The van der Waals surface area contributed by atoms with Gasteiger partial charge in [0.05, 0.1) is 0 Å². The highest BCUT2D eigenvalue weighted by Crippen LogP contribution is 2.47. The third-order valence-corrected chi connectivity index (χ3v) is 4.70. The summed E-state index contributed by atoms with van der Waals surface area (Å²) in [6.45, 7) is 0. The van der Waals surface area contributed by atoms with Crippen LogP contribution < -0.4 is 0 Å². The van der Waals surface area contributed by atoms with E-state index in [1.165, 1.54) is 32.1 Å². The molecule has 1 aromatic rings. The number of hydrogen-bond acceptors (Lipinski definition) is 3. The molecule has 0 amide bonds. The second kappa shape index (κ2) is 4.89. The molecule has 19 heavy (non-hydrogen) atoms. The van der Waals surface area contributed by atoms with Crippen molar-refractivity contribution in [3.63, 3.8) is 0 Å². The van der Waals surface area contributed by atoms with Crippen molar-refractivity contribution in [2.75, 3.05) is 0 Å². The molecule has 2 aliphatic heterocycles. The molecule has 0 radical (unpaired) electrons. The molecule has 1 saturated carbocycles. The first-order valence-corrected chi connectivity index (χ1v) is 7.46. The third-order valence-electron chi connectivity index (χ3n) is 4.70. The van der Waals surface area contributed by atoms with Crippen LogP contribution in [0.15, 0.2) is 30.3 Å². The number of benzene rings is 1. The zero-order chi connectivity index (χ0) is 12.7. The lowest BCUT2D eigenvalue weighted by molar-refractivity contribution is -0.376.